The van der Waals surface area contributed by atoms with Crippen LogP contribution in [0.2, 0.25) is 0 Å². The Balaban J connectivity index is 0.000000184. The summed E-state index contributed by atoms with van der Waals surface area (Å²) in [7, 11) is 0. The maximum Gasteiger partial charge on any atom is 3.00 e. The van der Waals surface area contributed by atoms with Gasteiger partial charge in [0.05, 0.1) is 11.0 Å². The molecule has 0 saturated carbocycles. The summed E-state index contributed by atoms with van der Waals surface area (Å²) in [5.41, 5.74) is 10.1. The second-order valence-electron chi connectivity index (χ2n) is 10.3. The maximum absolute atomic E-state index is 14.7. The Hall–Kier alpha value is -3.79. The van der Waals surface area contributed by atoms with Crippen LogP contribution in [0.15, 0.2) is 84.9 Å². The zero-order valence-electron chi connectivity index (χ0n) is 24.1. The van der Waals surface area contributed by atoms with Crippen LogP contribution in [0.5, 0.6) is 0 Å². The molecule has 0 bridgehead atoms. The van der Waals surface area contributed by atoms with Crippen molar-refractivity contribution in [2.45, 2.75) is 41.5 Å². The number of aromatic nitrogens is 2. The van der Waals surface area contributed by atoms with Gasteiger partial charge in [0.1, 0.15) is 11.4 Å². The van der Waals surface area contributed by atoms with Gasteiger partial charge in [-0.3, -0.25) is 0 Å². The van der Waals surface area contributed by atoms with Crippen LogP contribution in [0.1, 0.15) is 33.4 Å². The largest absolute Gasteiger partial charge is 3.00 e. The molecule has 0 spiro atoms. The summed E-state index contributed by atoms with van der Waals surface area (Å²) < 4.78 is 29.3. The first-order valence-corrected chi connectivity index (χ1v) is 13.4. The normalized spacial score (nSPS) is 10.7. The standard InChI is InChI=1S/2C18H16FN.Ir/c2*1-11-7-6-9-15(12(11)2)18-17(19)13(3)14-8-4-5-10-16(14)20-18;/h2*4-10H,1-3H3;/q;;+3. The Bertz CT molecular complexity index is 1760. The Morgan fingerprint density at radius 3 is 1.20 bits per heavy atom. The number of benzene rings is 4. The maximum atomic E-state index is 14.7. The van der Waals surface area contributed by atoms with Crippen molar-refractivity contribution in [3.63, 3.8) is 0 Å². The smallest absolute Gasteiger partial charge is 0.245 e. The quantitative estimate of drug-likeness (QED) is 0.178. The molecule has 2 aromatic heterocycles. The molecule has 206 valence electrons. The molecule has 0 atom stereocenters. The number of nitrogens with zero attached hydrogens (tertiary/aromatic N) is 2. The fourth-order valence-electron chi connectivity index (χ4n) is 5.08. The molecule has 0 aliphatic carbocycles. The fourth-order valence-corrected chi connectivity index (χ4v) is 5.08. The number of para-hydroxylation sites is 2. The first-order valence-electron chi connectivity index (χ1n) is 13.4. The molecule has 0 saturated heterocycles. The van der Waals surface area contributed by atoms with E-state index in [1.807, 2.05) is 126 Å². The van der Waals surface area contributed by atoms with E-state index in [0.29, 0.717) is 22.5 Å². The van der Waals surface area contributed by atoms with Crippen molar-refractivity contribution in [3.05, 3.63) is 130 Å². The Morgan fingerprint density at radius 1 is 0.439 bits per heavy atom. The summed E-state index contributed by atoms with van der Waals surface area (Å²) in [6.07, 6.45) is 0. The van der Waals surface area contributed by atoms with E-state index in [4.69, 9.17) is 0 Å². The zero-order valence-corrected chi connectivity index (χ0v) is 26.5. The number of hydrogen-bond donors (Lipinski definition) is 0. The van der Waals surface area contributed by atoms with Crippen molar-refractivity contribution in [1.82, 2.24) is 9.97 Å². The van der Waals surface area contributed by atoms with E-state index in [1.165, 1.54) is 0 Å². The molecular formula is C36H32F2IrN2+3. The van der Waals surface area contributed by atoms with Crippen molar-refractivity contribution < 1.29 is 28.9 Å². The molecular weight excluding hydrogens is 691 g/mol. The fraction of sp³-hybridized carbons (Fsp3) is 0.167. The average Bonchev–Trinajstić information content (AvgIpc) is 2.96. The number of pyridine rings is 2. The van der Waals surface area contributed by atoms with Crippen molar-refractivity contribution >= 4 is 21.8 Å². The van der Waals surface area contributed by atoms with Gasteiger partial charge in [0.25, 0.3) is 0 Å². The molecule has 0 aliphatic rings. The molecule has 2 nitrogen and oxygen atoms in total. The van der Waals surface area contributed by atoms with Crippen LogP contribution >= 0.6 is 0 Å². The minimum atomic E-state index is -0.225. The second-order valence-corrected chi connectivity index (χ2v) is 10.3. The van der Waals surface area contributed by atoms with E-state index >= 15 is 0 Å². The van der Waals surface area contributed by atoms with Crippen molar-refractivity contribution in [2.75, 3.05) is 0 Å². The van der Waals surface area contributed by atoms with Crippen LogP contribution in [0.25, 0.3) is 44.3 Å². The summed E-state index contributed by atoms with van der Waals surface area (Å²) in [6.45, 7) is 11.7. The van der Waals surface area contributed by atoms with Crippen LogP contribution in [-0.4, -0.2) is 9.97 Å². The third-order valence-corrected chi connectivity index (χ3v) is 7.87. The van der Waals surface area contributed by atoms with Gasteiger partial charge >= 0.3 is 20.1 Å². The molecule has 0 aliphatic heterocycles. The zero-order chi connectivity index (χ0) is 28.6. The van der Waals surface area contributed by atoms with E-state index in [0.717, 1.165) is 55.2 Å². The molecule has 41 heavy (non-hydrogen) atoms. The predicted molar refractivity (Wildman–Crippen MR) is 163 cm³/mol. The Morgan fingerprint density at radius 2 is 0.805 bits per heavy atom. The monoisotopic (exact) mass is 723 g/mol. The molecule has 2 heterocycles. The number of rotatable bonds is 2. The van der Waals surface area contributed by atoms with E-state index in [1.54, 1.807) is 0 Å². The molecule has 0 unspecified atom stereocenters. The summed E-state index contributed by atoms with van der Waals surface area (Å²) >= 11 is 0. The number of hydrogen-bond acceptors (Lipinski definition) is 2. The van der Waals surface area contributed by atoms with E-state index in [-0.39, 0.29) is 31.7 Å². The van der Waals surface area contributed by atoms with Crippen molar-refractivity contribution in [3.8, 4) is 22.5 Å². The van der Waals surface area contributed by atoms with Gasteiger partial charge < -0.3 is 0 Å². The average molecular weight is 723 g/mol. The van der Waals surface area contributed by atoms with Gasteiger partial charge in [-0.1, -0.05) is 72.8 Å². The summed E-state index contributed by atoms with van der Waals surface area (Å²) in [4.78, 5) is 9.07. The van der Waals surface area contributed by atoms with Gasteiger partial charge in [0.15, 0.2) is 11.6 Å². The topological polar surface area (TPSA) is 25.8 Å². The SMILES string of the molecule is Cc1cccc(-c2nc3ccccc3c(C)c2F)c1C.Cc1cccc(-c2nc3ccccc3c(C)c2F)c1C.[Ir+3]. The second kappa shape index (κ2) is 12.4. The van der Waals surface area contributed by atoms with E-state index in [9.17, 15) is 8.78 Å². The van der Waals surface area contributed by atoms with Gasteiger partial charge in [-0.2, -0.15) is 0 Å². The van der Waals surface area contributed by atoms with Crippen LogP contribution in [-0.2, 0) is 20.1 Å². The summed E-state index contributed by atoms with van der Waals surface area (Å²) in [5, 5.41) is 1.75. The Labute approximate surface area is 253 Å². The van der Waals surface area contributed by atoms with Gasteiger partial charge in [-0.15, -0.1) is 0 Å². The minimum Gasteiger partial charge on any atom is -0.245 e. The van der Waals surface area contributed by atoms with Gasteiger partial charge in [0, 0.05) is 21.9 Å². The number of aryl methyl sites for hydroxylation is 4. The molecule has 4 aromatic carbocycles. The van der Waals surface area contributed by atoms with Crippen LogP contribution < -0.4 is 0 Å². The van der Waals surface area contributed by atoms with Crippen molar-refractivity contribution in [1.29, 1.82) is 0 Å². The molecule has 0 amide bonds. The van der Waals surface area contributed by atoms with Gasteiger partial charge in [-0.25, -0.2) is 18.7 Å². The van der Waals surface area contributed by atoms with Crippen LogP contribution in [0, 0.1) is 53.2 Å². The van der Waals surface area contributed by atoms with Gasteiger partial charge in [0.2, 0.25) is 0 Å². The molecule has 0 N–H and O–H groups in total. The molecule has 0 fully saturated rings. The predicted octanol–water partition coefficient (Wildman–Crippen LogP) is 9.93. The van der Waals surface area contributed by atoms with Crippen LogP contribution in [0.4, 0.5) is 8.78 Å². The molecule has 5 heteroatoms. The summed E-state index contributed by atoms with van der Waals surface area (Å²) in [6, 6.07) is 27.2. The first kappa shape index (κ1) is 30.2. The summed E-state index contributed by atoms with van der Waals surface area (Å²) in [5.74, 6) is -0.449. The minimum absolute atomic E-state index is 0. The Kier molecular flexibility index (Phi) is 9.11. The number of halogens is 2. The third kappa shape index (κ3) is 5.70. The van der Waals surface area contributed by atoms with Crippen LogP contribution in [0.3, 0.4) is 0 Å². The number of fused-ring (bicyclic) bond motifs is 2. The molecule has 6 rings (SSSR count). The molecule has 6 aromatic rings. The molecule has 0 radical (unpaired) electrons. The van der Waals surface area contributed by atoms with Gasteiger partial charge in [-0.05, 0) is 87.1 Å². The third-order valence-electron chi connectivity index (χ3n) is 7.87. The van der Waals surface area contributed by atoms with E-state index in [2.05, 4.69) is 9.97 Å². The first-order chi connectivity index (χ1) is 19.2. The van der Waals surface area contributed by atoms with E-state index < -0.39 is 0 Å². The van der Waals surface area contributed by atoms with Crippen molar-refractivity contribution in [2.24, 2.45) is 0 Å².